The molecule has 2 heterocycles. The highest BCUT2D eigenvalue weighted by atomic mass is 32.1. The van der Waals surface area contributed by atoms with Gasteiger partial charge in [0.1, 0.15) is 5.82 Å². The Balaban J connectivity index is 1.92. The quantitative estimate of drug-likeness (QED) is 0.777. The predicted octanol–water partition coefficient (Wildman–Crippen LogP) is 2.12. The zero-order chi connectivity index (χ0) is 19.1. The average Bonchev–Trinajstić information content (AvgIpc) is 3.07. The Kier molecular flexibility index (Phi) is 6.85. The Morgan fingerprint density at radius 1 is 1.31 bits per heavy atom. The van der Waals surface area contributed by atoms with Crippen molar-refractivity contribution < 1.29 is 14.4 Å². The molecule has 0 spiro atoms. The molecule has 0 aliphatic heterocycles. The van der Waals surface area contributed by atoms with Crippen LogP contribution in [0.25, 0.3) is 0 Å². The number of hydrogen-bond donors (Lipinski definition) is 2. The fourth-order valence-electron chi connectivity index (χ4n) is 2.38. The van der Waals surface area contributed by atoms with Crippen LogP contribution in [0.4, 0.5) is 5.82 Å². The summed E-state index contributed by atoms with van der Waals surface area (Å²) >= 11 is 1.47. The van der Waals surface area contributed by atoms with Gasteiger partial charge in [-0.1, -0.05) is 6.07 Å². The number of anilines is 1. The number of carbonyl (C=O) groups is 3. The molecule has 3 amide bonds. The molecule has 0 bridgehead atoms. The van der Waals surface area contributed by atoms with Gasteiger partial charge in [-0.2, -0.15) is 0 Å². The number of hydrogen-bond acceptors (Lipinski definition) is 5. The van der Waals surface area contributed by atoms with Crippen LogP contribution in [0.5, 0.6) is 0 Å². The summed E-state index contributed by atoms with van der Waals surface area (Å²) in [6.45, 7) is 3.22. The number of pyridine rings is 1. The molecule has 2 aromatic rings. The van der Waals surface area contributed by atoms with E-state index < -0.39 is 6.04 Å². The smallest absolute Gasteiger partial charge is 0.245 e. The minimum atomic E-state index is -0.399. The number of amides is 3. The lowest BCUT2D eigenvalue weighted by atomic mass is 10.1. The van der Waals surface area contributed by atoms with E-state index >= 15 is 0 Å². The van der Waals surface area contributed by atoms with E-state index in [4.69, 9.17) is 0 Å². The van der Waals surface area contributed by atoms with Gasteiger partial charge in [-0.25, -0.2) is 4.98 Å². The number of thiophene rings is 1. The van der Waals surface area contributed by atoms with Crippen LogP contribution in [0, 0.1) is 6.92 Å². The fraction of sp³-hybridized carbons (Fsp3) is 0.333. The maximum absolute atomic E-state index is 12.5. The van der Waals surface area contributed by atoms with Gasteiger partial charge in [0.25, 0.3) is 0 Å². The molecule has 0 saturated carbocycles. The number of rotatable bonds is 7. The van der Waals surface area contributed by atoms with E-state index in [0.29, 0.717) is 5.82 Å². The van der Waals surface area contributed by atoms with E-state index in [9.17, 15) is 14.4 Å². The summed E-state index contributed by atoms with van der Waals surface area (Å²) in [6, 6.07) is 6.92. The van der Waals surface area contributed by atoms with Crippen LogP contribution in [-0.4, -0.2) is 41.2 Å². The summed E-state index contributed by atoms with van der Waals surface area (Å²) in [5.74, 6) is -0.316. The van der Waals surface area contributed by atoms with E-state index in [0.717, 1.165) is 10.4 Å². The number of nitrogens with zero attached hydrogens (tertiary/aromatic N) is 2. The maximum Gasteiger partial charge on any atom is 0.245 e. The Bertz CT molecular complexity index is 777. The van der Waals surface area contributed by atoms with E-state index in [1.807, 2.05) is 30.5 Å². The van der Waals surface area contributed by atoms with Crippen molar-refractivity contribution in [1.29, 1.82) is 0 Å². The SMILES string of the molecule is CC(=O)NC(CC(=O)N(C)CC(=O)Nc1cc(C)ccn1)c1cccs1. The average molecular weight is 374 g/mol. The molecule has 2 N–H and O–H groups in total. The topological polar surface area (TPSA) is 91.4 Å². The molecule has 1 atom stereocenters. The number of likely N-dealkylation sites (N-methyl/N-ethyl adjacent to an activating group) is 1. The van der Waals surface area contributed by atoms with Crippen LogP contribution in [0.15, 0.2) is 35.8 Å². The summed E-state index contributed by atoms with van der Waals surface area (Å²) < 4.78 is 0. The standard InChI is InChI=1S/C18H22N4O3S/c1-12-6-7-19-16(9-12)21-17(24)11-22(3)18(25)10-14(20-13(2)23)15-5-4-8-26-15/h4-9,14H,10-11H2,1-3H3,(H,20,23)(H,19,21,24). The van der Waals surface area contributed by atoms with Gasteiger partial charge < -0.3 is 15.5 Å². The molecule has 0 saturated heterocycles. The Labute approximate surface area is 156 Å². The third-order valence-electron chi connectivity index (χ3n) is 3.63. The number of carbonyl (C=O) groups excluding carboxylic acids is 3. The first-order valence-corrected chi connectivity index (χ1v) is 9.00. The second kappa shape index (κ2) is 9.10. The molecule has 138 valence electrons. The minimum absolute atomic E-state index is 0.0898. The fourth-order valence-corrected chi connectivity index (χ4v) is 3.16. The predicted molar refractivity (Wildman–Crippen MR) is 101 cm³/mol. The second-order valence-electron chi connectivity index (χ2n) is 5.99. The maximum atomic E-state index is 12.5. The molecule has 0 aromatic carbocycles. The van der Waals surface area contributed by atoms with Crippen LogP contribution < -0.4 is 10.6 Å². The van der Waals surface area contributed by atoms with Crippen LogP contribution in [0.2, 0.25) is 0 Å². The Morgan fingerprint density at radius 3 is 2.69 bits per heavy atom. The van der Waals surface area contributed by atoms with E-state index in [2.05, 4.69) is 15.6 Å². The van der Waals surface area contributed by atoms with Gasteiger partial charge in [-0.05, 0) is 36.1 Å². The summed E-state index contributed by atoms with van der Waals surface area (Å²) in [5, 5.41) is 7.34. The van der Waals surface area contributed by atoms with Gasteiger partial charge in [0.15, 0.2) is 0 Å². The van der Waals surface area contributed by atoms with Crippen LogP contribution in [0.1, 0.15) is 29.8 Å². The molecule has 2 aromatic heterocycles. The molecule has 8 heteroatoms. The minimum Gasteiger partial charge on any atom is -0.348 e. The van der Waals surface area contributed by atoms with Crippen molar-refractivity contribution in [3.63, 3.8) is 0 Å². The molecular weight excluding hydrogens is 352 g/mol. The molecule has 0 radical (unpaired) electrons. The first kappa shape index (κ1) is 19.6. The summed E-state index contributed by atoms with van der Waals surface area (Å²) in [5.41, 5.74) is 0.980. The number of nitrogens with one attached hydrogen (secondary N) is 2. The highest BCUT2D eigenvalue weighted by Gasteiger charge is 2.21. The van der Waals surface area contributed by atoms with Crippen LogP contribution in [0.3, 0.4) is 0 Å². The van der Waals surface area contributed by atoms with Crippen molar-refractivity contribution in [1.82, 2.24) is 15.2 Å². The van der Waals surface area contributed by atoms with Crippen molar-refractivity contribution in [2.75, 3.05) is 18.9 Å². The van der Waals surface area contributed by atoms with Crippen LogP contribution in [-0.2, 0) is 14.4 Å². The van der Waals surface area contributed by atoms with E-state index in [-0.39, 0.29) is 30.7 Å². The highest BCUT2D eigenvalue weighted by molar-refractivity contribution is 7.10. The summed E-state index contributed by atoms with van der Waals surface area (Å²) in [7, 11) is 1.56. The van der Waals surface area contributed by atoms with E-state index in [1.54, 1.807) is 19.3 Å². The third kappa shape index (κ3) is 5.96. The molecule has 0 aliphatic carbocycles. The first-order chi connectivity index (χ1) is 12.3. The lowest BCUT2D eigenvalue weighted by Gasteiger charge is -2.21. The molecule has 1 unspecified atom stereocenters. The van der Waals surface area contributed by atoms with Gasteiger partial charge >= 0.3 is 0 Å². The zero-order valence-corrected chi connectivity index (χ0v) is 15.8. The van der Waals surface area contributed by atoms with Gasteiger partial charge in [0, 0.05) is 25.0 Å². The van der Waals surface area contributed by atoms with Crippen molar-refractivity contribution in [3.05, 3.63) is 46.3 Å². The lowest BCUT2D eigenvalue weighted by Crippen LogP contribution is -2.37. The number of aromatic nitrogens is 1. The molecule has 7 nitrogen and oxygen atoms in total. The third-order valence-corrected chi connectivity index (χ3v) is 4.62. The Morgan fingerprint density at radius 2 is 2.08 bits per heavy atom. The molecular formula is C18H22N4O3S. The summed E-state index contributed by atoms with van der Waals surface area (Å²) in [4.78, 5) is 42.3. The largest absolute Gasteiger partial charge is 0.348 e. The van der Waals surface area contributed by atoms with Gasteiger partial charge in [-0.15, -0.1) is 11.3 Å². The molecule has 0 aliphatic rings. The monoisotopic (exact) mass is 374 g/mol. The van der Waals surface area contributed by atoms with Crippen molar-refractivity contribution in [2.45, 2.75) is 26.3 Å². The van der Waals surface area contributed by atoms with Gasteiger partial charge in [0.2, 0.25) is 17.7 Å². The number of aryl methyl sites for hydroxylation is 1. The second-order valence-corrected chi connectivity index (χ2v) is 6.97. The zero-order valence-electron chi connectivity index (χ0n) is 15.0. The molecule has 2 rings (SSSR count). The lowest BCUT2D eigenvalue weighted by molar-refractivity contribution is -0.134. The van der Waals surface area contributed by atoms with E-state index in [1.165, 1.54) is 23.2 Å². The van der Waals surface area contributed by atoms with Gasteiger partial charge in [-0.3, -0.25) is 14.4 Å². The van der Waals surface area contributed by atoms with Gasteiger partial charge in [0.05, 0.1) is 19.0 Å². The molecule has 26 heavy (non-hydrogen) atoms. The highest BCUT2D eigenvalue weighted by Crippen LogP contribution is 2.22. The summed E-state index contributed by atoms with van der Waals surface area (Å²) in [6.07, 6.45) is 1.70. The molecule has 0 fully saturated rings. The Hall–Kier alpha value is -2.74. The van der Waals surface area contributed by atoms with Crippen molar-refractivity contribution >= 4 is 34.9 Å². The van der Waals surface area contributed by atoms with Crippen molar-refractivity contribution in [3.8, 4) is 0 Å². The van der Waals surface area contributed by atoms with Crippen molar-refractivity contribution in [2.24, 2.45) is 0 Å². The van der Waals surface area contributed by atoms with Crippen LogP contribution >= 0.6 is 11.3 Å². The first-order valence-electron chi connectivity index (χ1n) is 8.12. The normalized spacial score (nSPS) is 11.5.